The van der Waals surface area contributed by atoms with Crippen molar-refractivity contribution in [3.63, 3.8) is 0 Å². The van der Waals surface area contributed by atoms with E-state index in [1.807, 2.05) is 66.7 Å². The van der Waals surface area contributed by atoms with E-state index in [-0.39, 0.29) is 0 Å². The fraction of sp³-hybridized carbons (Fsp3) is 0.143. The van der Waals surface area contributed by atoms with Gasteiger partial charge in [0.15, 0.2) is 0 Å². The second-order valence-electron chi connectivity index (χ2n) is 5.99. The molecule has 0 aliphatic rings. The summed E-state index contributed by atoms with van der Waals surface area (Å²) in [5, 5.41) is 0. The van der Waals surface area contributed by atoms with Crippen molar-refractivity contribution in [3.8, 4) is 0 Å². The lowest BCUT2D eigenvalue weighted by molar-refractivity contribution is 0.409. The molecule has 0 unspecified atom stereocenters. The summed E-state index contributed by atoms with van der Waals surface area (Å²) in [6.07, 6.45) is 0.664. The number of nitrogens with zero attached hydrogens (tertiary/aromatic N) is 1. The molecule has 3 rings (SSSR count). The second kappa shape index (κ2) is 8.62. The van der Waals surface area contributed by atoms with Gasteiger partial charge in [-0.1, -0.05) is 72.8 Å². The minimum absolute atomic E-state index is 0.295. The van der Waals surface area contributed by atoms with Crippen molar-refractivity contribution in [2.75, 3.05) is 6.54 Å². The summed E-state index contributed by atoms with van der Waals surface area (Å²) in [6.45, 7) is 0.764. The lowest BCUT2D eigenvalue weighted by Gasteiger charge is -2.23. The topological polar surface area (TPSA) is 37.4 Å². The largest absolute Gasteiger partial charge is 0.244 e. The first-order valence-electron chi connectivity index (χ1n) is 8.40. The lowest BCUT2D eigenvalue weighted by atomic mass is 10.1. The van der Waals surface area contributed by atoms with Crippen LogP contribution in [0.5, 0.6) is 0 Å². The van der Waals surface area contributed by atoms with Crippen LogP contribution in [0.15, 0.2) is 94.3 Å². The molecule has 5 heteroatoms. The molecule has 0 bridgehead atoms. The number of hydrogen-bond donors (Lipinski definition) is 0. The molecule has 0 aliphatic heterocycles. The first-order chi connectivity index (χ1) is 12.6. The molecule has 0 heterocycles. The van der Waals surface area contributed by atoms with Gasteiger partial charge in [0, 0.05) is 17.6 Å². The molecule has 0 saturated carbocycles. The third kappa shape index (κ3) is 4.61. The van der Waals surface area contributed by atoms with Crippen LogP contribution in [-0.4, -0.2) is 19.3 Å². The van der Waals surface area contributed by atoms with Gasteiger partial charge in [0.2, 0.25) is 10.0 Å². The SMILES string of the molecule is O=S(=O)(c1ccccc1Br)N(CCc1ccccc1)Cc1ccccc1. The van der Waals surface area contributed by atoms with Gasteiger partial charge in [0.05, 0.1) is 4.90 Å². The Balaban J connectivity index is 1.90. The monoisotopic (exact) mass is 429 g/mol. The summed E-state index contributed by atoms with van der Waals surface area (Å²) in [5.74, 6) is 0. The van der Waals surface area contributed by atoms with Crippen LogP contribution in [0.25, 0.3) is 0 Å². The highest BCUT2D eigenvalue weighted by molar-refractivity contribution is 9.10. The third-order valence-corrected chi connectivity index (χ3v) is 7.01. The molecule has 3 nitrogen and oxygen atoms in total. The molecule has 3 aromatic carbocycles. The first-order valence-corrected chi connectivity index (χ1v) is 10.6. The number of benzene rings is 3. The van der Waals surface area contributed by atoms with Crippen LogP contribution in [0, 0.1) is 0 Å². The van der Waals surface area contributed by atoms with Gasteiger partial charge < -0.3 is 0 Å². The Morgan fingerprint density at radius 2 is 1.27 bits per heavy atom. The van der Waals surface area contributed by atoms with Gasteiger partial charge in [0.25, 0.3) is 0 Å². The highest BCUT2D eigenvalue weighted by Crippen LogP contribution is 2.26. The van der Waals surface area contributed by atoms with E-state index in [9.17, 15) is 8.42 Å². The van der Waals surface area contributed by atoms with Crippen molar-refractivity contribution in [3.05, 3.63) is 101 Å². The zero-order chi connectivity index (χ0) is 18.4. The summed E-state index contributed by atoms with van der Waals surface area (Å²) in [7, 11) is -3.61. The van der Waals surface area contributed by atoms with Crippen LogP contribution >= 0.6 is 15.9 Å². The summed E-state index contributed by atoms with van der Waals surface area (Å²) < 4.78 is 28.7. The number of halogens is 1. The Bertz CT molecular complexity index is 944. The van der Waals surface area contributed by atoms with Crippen LogP contribution in [0.1, 0.15) is 11.1 Å². The van der Waals surface area contributed by atoms with Gasteiger partial charge in [-0.2, -0.15) is 4.31 Å². The number of rotatable bonds is 7. The maximum atomic E-state index is 13.3. The van der Waals surface area contributed by atoms with Crippen molar-refractivity contribution in [1.82, 2.24) is 4.31 Å². The van der Waals surface area contributed by atoms with Gasteiger partial charge in [-0.05, 0) is 45.6 Å². The molecular formula is C21H20BrNO2S. The van der Waals surface area contributed by atoms with E-state index in [0.717, 1.165) is 11.1 Å². The smallest absolute Gasteiger partial charge is 0.207 e. The Hall–Kier alpha value is -1.95. The van der Waals surface area contributed by atoms with E-state index in [1.165, 1.54) is 0 Å². The van der Waals surface area contributed by atoms with Gasteiger partial charge in [-0.3, -0.25) is 0 Å². The van der Waals surface area contributed by atoms with Crippen LogP contribution in [-0.2, 0) is 23.0 Å². The number of hydrogen-bond acceptors (Lipinski definition) is 2. The summed E-state index contributed by atoms with van der Waals surface area (Å²) in [4.78, 5) is 0.295. The summed E-state index contributed by atoms with van der Waals surface area (Å²) in [6, 6.07) is 26.6. The molecule has 3 aromatic rings. The normalized spacial score (nSPS) is 11.6. The van der Waals surface area contributed by atoms with E-state index in [4.69, 9.17) is 0 Å². The first kappa shape index (κ1) is 18.8. The average Bonchev–Trinajstić information content (AvgIpc) is 2.67. The molecule has 0 spiro atoms. The van der Waals surface area contributed by atoms with Crippen molar-refractivity contribution >= 4 is 26.0 Å². The molecule has 26 heavy (non-hydrogen) atoms. The maximum absolute atomic E-state index is 13.3. The molecule has 0 aliphatic carbocycles. The molecular weight excluding hydrogens is 410 g/mol. The summed E-state index contributed by atoms with van der Waals surface area (Å²) >= 11 is 3.38. The maximum Gasteiger partial charge on any atom is 0.244 e. The van der Waals surface area contributed by atoms with Crippen LogP contribution < -0.4 is 0 Å². The van der Waals surface area contributed by atoms with Crippen molar-refractivity contribution < 1.29 is 8.42 Å². The minimum atomic E-state index is -3.61. The zero-order valence-corrected chi connectivity index (χ0v) is 16.7. The van der Waals surface area contributed by atoms with E-state index in [1.54, 1.807) is 22.5 Å². The Kier molecular flexibility index (Phi) is 6.25. The summed E-state index contributed by atoms with van der Waals surface area (Å²) in [5.41, 5.74) is 2.09. The van der Waals surface area contributed by atoms with Crippen molar-refractivity contribution in [2.24, 2.45) is 0 Å². The molecule has 0 radical (unpaired) electrons. The fourth-order valence-corrected chi connectivity index (χ4v) is 5.16. The van der Waals surface area contributed by atoms with Crippen molar-refractivity contribution in [1.29, 1.82) is 0 Å². The Labute approximate surface area is 163 Å². The van der Waals surface area contributed by atoms with E-state index in [0.29, 0.717) is 28.9 Å². The van der Waals surface area contributed by atoms with E-state index >= 15 is 0 Å². The van der Waals surface area contributed by atoms with Crippen LogP contribution in [0.2, 0.25) is 0 Å². The van der Waals surface area contributed by atoms with E-state index in [2.05, 4.69) is 15.9 Å². The molecule has 0 N–H and O–H groups in total. The molecule has 0 aromatic heterocycles. The molecule has 0 saturated heterocycles. The predicted octanol–water partition coefficient (Wildman–Crippen LogP) is 4.88. The average molecular weight is 430 g/mol. The zero-order valence-electron chi connectivity index (χ0n) is 14.3. The lowest BCUT2D eigenvalue weighted by Crippen LogP contribution is -2.32. The van der Waals surface area contributed by atoms with Crippen molar-refractivity contribution in [2.45, 2.75) is 17.9 Å². The van der Waals surface area contributed by atoms with Gasteiger partial charge >= 0.3 is 0 Å². The molecule has 134 valence electrons. The quantitative estimate of drug-likeness (QED) is 0.536. The minimum Gasteiger partial charge on any atom is -0.207 e. The van der Waals surface area contributed by atoms with Crippen LogP contribution in [0.3, 0.4) is 0 Å². The third-order valence-electron chi connectivity index (χ3n) is 4.15. The molecule has 0 fully saturated rings. The van der Waals surface area contributed by atoms with Crippen LogP contribution in [0.4, 0.5) is 0 Å². The molecule has 0 atom stereocenters. The highest BCUT2D eigenvalue weighted by atomic mass is 79.9. The Morgan fingerprint density at radius 3 is 1.88 bits per heavy atom. The van der Waals surface area contributed by atoms with Gasteiger partial charge in [-0.25, -0.2) is 8.42 Å². The van der Waals surface area contributed by atoms with Gasteiger partial charge in [0.1, 0.15) is 0 Å². The van der Waals surface area contributed by atoms with Gasteiger partial charge in [-0.15, -0.1) is 0 Å². The predicted molar refractivity (Wildman–Crippen MR) is 108 cm³/mol. The van der Waals surface area contributed by atoms with E-state index < -0.39 is 10.0 Å². The Morgan fingerprint density at radius 1 is 0.731 bits per heavy atom. The highest BCUT2D eigenvalue weighted by Gasteiger charge is 2.26. The standard InChI is InChI=1S/C21H20BrNO2S/c22-20-13-7-8-14-21(20)26(24,25)23(17-19-11-5-2-6-12-19)16-15-18-9-3-1-4-10-18/h1-14H,15-17H2. The molecule has 0 amide bonds. The fourth-order valence-electron chi connectivity index (χ4n) is 2.76. The second-order valence-corrected chi connectivity index (χ2v) is 8.75. The number of sulfonamides is 1.